The van der Waals surface area contributed by atoms with E-state index < -0.39 is 21.9 Å². The maximum absolute atomic E-state index is 11.9. The number of hydrogen-bond acceptors (Lipinski definition) is 5. The van der Waals surface area contributed by atoms with Gasteiger partial charge in [0, 0.05) is 23.8 Å². The molecule has 1 aromatic rings. The Kier molecular flexibility index (Phi) is 6.00. The molecule has 1 atom stereocenters. The van der Waals surface area contributed by atoms with E-state index in [0.29, 0.717) is 31.3 Å². The van der Waals surface area contributed by atoms with Gasteiger partial charge in [-0.2, -0.15) is 0 Å². The predicted molar refractivity (Wildman–Crippen MR) is 87.3 cm³/mol. The van der Waals surface area contributed by atoms with Crippen LogP contribution in [0.2, 0.25) is 0 Å². The zero-order chi connectivity index (χ0) is 16.7. The molecule has 1 aromatic carbocycles. The smallest absolute Gasteiger partial charge is 0.319 e. The summed E-state index contributed by atoms with van der Waals surface area (Å²) in [5.41, 5.74) is 0.557. The van der Waals surface area contributed by atoms with Crippen LogP contribution >= 0.6 is 0 Å². The molecule has 0 aromatic heterocycles. The fourth-order valence-electron chi connectivity index (χ4n) is 2.03. The molecule has 0 saturated carbocycles. The molecule has 7 nitrogen and oxygen atoms in total. The first kappa shape index (κ1) is 17.3. The van der Waals surface area contributed by atoms with E-state index in [-0.39, 0.29) is 5.75 Å². The summed E-state index contributed by atoms with van der Waals surface area (Å²) in [6.07, 6.45) is 1.46. The molecule has 1 aliphatic heterocycles. The zero-order valence-corrected chi connectivity index (χ0v) is 13.6. The Labute approximate surface area is 135 Å². The molecule has 1 heterocycles. The van der Waals surface area contributed by atoms with Crippen LogP contribution < -0.4 is 15.4 Å². The van der Waals surface area contributed by atoms with Crippen LogP contribution in [-0.2, 0) is 14.6 Å². The van der Waals surface area contributed by atoms with Gasteiger partial charge in [0.05, 0.1) is 18.4 Å². The first-order chi connectivity index (χ1) is 11.0. The van der Waals surface area contributed by atoms with Crippen LogP contribution in [0.25, 0.3) is 0 Å². The summed E-state index contributed by atoms with van der Waals surface area (Å²) in [6.45, 7) is 3.47. The number of sulfone groups is 1. The molecule has 2 N–H and O–H groups in total. The van der Waals surface area contributed by atoms with Gasteiger partial charge in [-0.3, -0.25) is 0 Å². The fraction of sp³-hybridized carbons (Fsp3) is 0.400. The van der Waals surface area contributed by atoms with Gasteiger partial charge in [0.15, 0.2) is 9.84 Å². The molecule has 0 saturated heterocycles. The lowest BCUT2D eigenvalue weighted by Gasteiger charge is -2.12. The molecule has 0 spiro atoms. The number of benzene rings is 1. The number of urea groups is 1. The topological polar surface area (TPSA) is 93.7 Å². The van der Waals surface area contributed by atoms with Crippen molar-refractivity contribution in [1.82, 2.24) is 5.32 Å². The second kappa shape index (κ2) is 7.98. The van der Waals surface area contributed by atoms with Gasteiger partial charge in [0.1, 0.15) is 12.4 Å². The van der Waals surface area contributed by atoms with Gasteiger partial charge in [-0.15, -0.1) is 0 Å². The van der Waals surface area contributed by atoms with Crippen LogP contribution in [-0.4, -0.2) is 46.1 Å². The van der Waals surface area contributed by atoms with Gasteiger partial charge in [-0.05, 0) is 25.1 Å². The van der Waals surface area contributed by atoms with Gasteiger partial charge in [-0.25, -0.2) is 13.2 Å². The molecule has 2 rings (SSSR count). The van der Waals surface area contributed by atoms with Gasteiger partial charge in [-0.1, -0.05) is 6.07 Å². The Morgan fingerprint density at radius 1 is 1.35 bits per heavy atom. The summed E-state index contributed by atoms with van der Waals surface area (Å²) in [4.78, 5) is 11.9. The van der Waals surface area contributed by atoms with Gasteiger partial charge in [0.2, 0.25) is 0 Å². The first-order valence-electron chi connectivity index (χ1n) is 7.27. The average molecular weight is 340 g/mol. The summed E-state index contributed by atoms with van der Waals surface area (Å²) in [6, 6.07) is 5.96. The third-order valence-electron chi connectivity index (χ3n) is 3.04. The number of hydrogen-bond donors (Lipinski definition) is 2. The predicted octanol–water partition coefficient (Wildman–Crippen LogP) is 1.53. The Balaban J connectivity index is 1.82. The third kappa shape index (κ3) is 5.91. The highest BCUT2D eigenvalue weighted by Gasteiger charge is 2.22. The largest absolute Gasteiger partial charge is 0.491 e. The summed E-state index contributed by atoms with van der Waals surface area (Å²) < 4.78 is 33.3. The van der Waals surface area contributed by atoms with Crippen molar-refractivity contribution in [3.63, 3.8) is 0 Å². The summed E-state index contributed by atoms with van der Waals surface area (Å²) in [5, 5.41) is 6.35. The lowest BCUT2D eigenvalue weighted by Crippen LogP contribution is -2.38. The van der Waals surface area contributed by atoms with E-state index in [1.807, 2.05) is 6.92 Å². The van der Waals surface area contributed by atoms with Crippen LogP contribution in [0.5, 0.6) is 5.75 Å². The SMILES string of the molecule is CCOCCOc1cccc(NC(=O)NC2C=CS(=O)(=O)C2)c1. The lowest BCUT2D eigenvalue weighted by atomic mass is 10.3. The van der Waals surface area contributed by atoms with Crippen molar-refractivity contribution in [2.24, 2.45) is 0 Å². The van der Waals surface area contributed by atoms with E-state index in [1.165, 1.54) is 6.08 Å². The van der Waals surface area contributed by atoms with Crippen molar-refractivity contribution in [2.45, 2.75) is 13.0 Å². The van der Waals surface area contributed by atoms with Crippen LogP contribution in [0.3, 0.4) is 0 Å². The highest BCUT2D eigenvalue weighted by molar-refractivity contribution is 7.94. The number of carbonyl (C=O) groups excluding carboxylic acids is 1. The first-order valence-corrected chi connectivity index (χ1v) is 8.99. The van der Waals surface area contributed by atoms with E-state index >= 15 is 0 Å². The Morgan fingerprint density at radius 3 is 2.87 bits per heavy atom. The zero-order valence-electron chi connectivity index (χ0n) is 12.8. The summed E-state index contributed by atoms with van der Waals surface area (Å²) in [5.74, 6) is 0.506. The number of amides is 2. The Bertz CT molecular complexity index is 672. The van der Waals surface area contributed by atoms with Crippen LogP contribution in [0.4, 0.5) is 10.5 Å². The molecule has 0 bridgehead atoms. The van der Waals surface area contributed by atoms with E-state index in [2.05, 4.69) is 10.6 Å². The molecule has 8 heteroatoms. The van der Waals surface area contributed by atoms with Crippen molar-refractivity contribution in [1.29, 1.82) is 0 Å². The maximum Gasteiger partial charge on any atom is 0.319 e. The summed E-state index contributed by atoms with van der Waals surface area (Å²) >= 11 is 0. The highest BCUT2D eigenvalue weighted by atomic mass is 32.2. The highest BCUT2D eigenvalue weighted by Crippen LogP contribution is 2.17. The molecule has 0 aliphatic carbocycles. The number of nitrogens with one attached hydrogen (secondary N) is 2. The molecular formula is C15H20N2O5S. The van der Waals surface area contributed by atoms with Crippen molar-refractivity contribution >= 4 is 21.6 Å². The summed E-state index contributed by atoms with van der Waals surface area (Å²) in [7, 11) is -3.19. The standard InChI is InChI=1S/C15H20N2O5S/c1-2-21-7-8-22-14-5-3-4-12(10-14)16-15(18)17-13-6-9-23(19,20)11-13/h3-6,9-10,13H,2,7-8,11H2,1H3,(H2,16,17,18). The second-order valence-electron chi connectivity index (χ2n) is 4.94. The Hall–Kier alpha value is -2.06. The van der Waals surface area contributed by atoms with Crippen molar-refractivity contribution in [3.8, 4) is 5.75 Å². The third-order valence-corrected chi connectivity index (χ3v) is 4.43. The lowest BCUT2D eigenvalue weighted by molar-refractivity contribution is 0.110. The molecule has 0 fully saturated rings. The normalized spacial score (nSPS) is 18.6. The molecule has 2 amide bonds. The quantitative estimate of drug-likeness (QED) is 0.734. The average Bonchev–Trinajstić information content (AvgIpc) is 2.83. The monoisotopic (exact) mass is 340 g/mol. The van der Waals surface area contributed by atoms with Gasteiger partial charge < -0.3 is 20.1 Å². The van der Waals surface area contributed by atoms with Crippen molar-refractivity contribution in [3.05, 3.63) is 35.7 Å². The van der Waals surface area contributed by atoms with Crippen LogP contribution in [0, 0.1) is 0 Å². The number of carbonyl (C=O) groups is 1. The minimum absolute atomic E-state index is 0.110. The van der Waals surface area contributed by atoms with Crippen LogP contribution in [0.15, 0.2) is 35.7 Å². The number of rotatable bonds is 7. The van der Waals surface area contributed by atoms with Crippen molar-refractivity contribution in [2.75, 3.05) is 30.9 Å². The van der Waals surface area contributed by atoms with E-state index in [0.717, 1.165) is 5.41 Å². The maximum atomic E-state index is 11.9. The second-order valence-corrected chi connectivity index (χ2v) is 6.87. The molecular weight excluding hydrogens is 320 g/mol. The minimum Gasteiger partial charge on any atom is -0.491 e. The van der Waals surface area contributed by atoms with E-state index in [1.54, 1.807) is 24.3 Å². The van der Waals surface area contributed by atoms with Gasteiger partial charge >= 0.3 is 6.03 Å². The fourth-order valence-corrected chi connectivity index (χ4v) is 3.26. The van der Waals surface area contributed by atoms with Crippen LogP contribution in [0.1, 0.15) is 6.92 Å². The molecule has 23 heavy (non-hydrogen) atoms. The van der Waals surface area contributed by atoms with Crippen molar-refractivity contribution < 1.29 is 22.7 Å². The van der Waals surface area contributed by atoms with Gasteiger partial charge in [0.25, 0.3) is 0 Å². The Morgan fingerprint density at radius 2 is 2.17 bits per heavy atom. The molecule has 1 unspecified atom stereocenters. The number of anilines is 1. The molecule has 1 aliphatic rings. The van der Waals surface area contributed by atoms with E-state index in [9.17, 15) is 13.2 Å². The minimum atomic E-state index is -3.19. The molecule has 0 radical (unpaired) electrons. The van der Waals surface area contributed by atoms with E-state index in [4.69, 9.17) is 9.47 Å². The number of ether oxygens (including phenoxy) is 2. The molecule has 126 valence electrons.